The molecule has 0 aromatic rings. The third-order valence-corrected chi connectivity index (χ3v) is 0.694. The second kappa shape index (κ2) is 3.85. The van der Waals surface area contributed by atoms with E-state index in [9.17, 15) is 0 Å². The minimum Gasteiger partial charge on any atom is -0.147 e. The summed E-state index contributed by atoms with van der Waals surface area (Å²) in [6.45, 7) is 3.24. The van der Waals surface area contributed by atoms with Gasteiger partial charge in [-0.15, -0.1) is 12.4 Å². The Bertz CT molecular complexity index is 52.4. The van der Waals surface area contributed by atoms with E-state index in [2.05, 4.69) is 6.58 Å². The summed E-state index contributed by atoms with van der Waals surface area (Å²) >= 11 is 15.4. The van der Waals surface area contributed by atoms with Crippen LogP contribution in [0.15, 0.2) is 12.7 Å². The summed E-state index contributed by atoms with van der Waals surface area (Å²) in [5.74, 6) is 0. The van der Waals surface area contributed by atoms with Crippen LogP contribution in [0.2, 0.25) is 0 Å². The SMILES string of the molecule is C=CC(Cl)(Cl)Cl.Cl. The van der Waals surface area contributed by atoms with Crippen molar-refractivity contribution < 1.29 is 0 Å². The van der Waals surface area contributed by atoms with E-state index in [0.717, 1.165) is 0 Å². The maximum absolute atomic E-state index is 5.13. The largest absolute Gasteiger partial charge is 0.208 e. The smallest absolute Gasteiger partial charge is 0.147 e. The molecule has 0 fully saturated rings. The van der Waals surface area contributed by atoms with Crippen LogP contribution < -0.4 is 0 Å². The van der Waals surface area contributed by atoms with Gasteiger partial charge in [0.2, 0.25) is 3.79 Å². The Morgan fingerprint density at radius 2 is 1.43 bits per heavy atom. The monoisotopic (exact) mass is 180 g/mol. The van der Waals surface area contributed by atoms with Crippen LogP contribution in [0, 0.1) is 0 Å². The lowest BCUT2D eigenvalue weighted by Crippen LogP contribution is -1.91. The molecular formula is C3H4Cl4. The summed E-state index contributed by atoms with van der Waals surface area (Å²) in [6, 6.07) is 0. The van der Waals surface area contributed by atoms with Crippen molar-refractivity contribution in [2.24, 2.45) is 0 Å². The van der Waals surface area contributed by atoms with Gasteiger partial charge >= 0.3 is 0 Å². The van der Waals surface area contributed by atoms with Gasteiger partial charge in [-0.05, 0) is 6.08 Å². The molecule has 0 heterocycles. The normalized spacial score (nSPS) is 9.57. The second-order valence-electron chi connectivity index (χ2n) is 0.746. The molecule has 7 heavy (non-hydrogen) atoms. The van der Waals surface area contributed by atoms with Crippen molar-refractivity contribution in [2.75, 3.05) is 0 Å². The van der Waals surface area contributed by atoms with Crippen LogP contribution in [0.3, 0.4) is 0 Å². The topological polar surface area (TPSA) is 0 Å². The third-order valence-electron chi connectivity index (χ3n) is 0.231. The highest BCUT2D eigenvalue weighted by Gasteiger charge is 2.11. The number of allylic oxidation sites excluding steroid dienone is 1. The molecule has 0 N–H and O–H groups in total. The van der Waals surface area contributed by atoms with Crippen LogP contribution in [0.4, 0.5) is 0 Å². The van der Waals surface area contributed by atoms with E-state index in [-0.39, 0.29) is 12.4 Å². The molecule has 0 nitrogen and oxygen atoms in total. The Kier molecular flexibility index (Phi) is 5.94. The van der Waals surface area contributed by atoms with Crippen LogP contribution in [-0.2, 0) is 0 Å². The average Bonchev–Trinajstić information content (AvgIpc) is 1.35. The van der Waals surface area contributed by atoms with Crippen LogP contribution in [-0.4, -0.2) is 3.79 Å². The Morgan fingerprint density at radius 3 is 1.43 bits per heavy atom. The fourth-order valence-corrected chi connectivity index (χ4v) is 0. The highest BCUT2D eigenvalue weighted by molar-refractivity contribution is 6.68. The Balaban J connectivity index is 0. The van der Waals surface area contributed by atoms with Gasteiger partial charge < -0.3 is 0 Å². The fourth-order valence-electron chi connectivity index (χ4n) is 0. The zero-order valence-corrected chi connectivity index (χ0v) is 6.41. The lowest BCUT2D eigenvalue weighted by atomic mass is 10.7. The molecule has 0 aliphatic carbocycles. The van der Waals surface area contributed by atoms with E-state index in [1.165, 1.54) is 6.08 Å². The first-order chi connectivity index (χ1) is 2.56. The zero-order valence-electron chi connectivity index (χ0n) is 3.33. The Morgan fingerprint density at radius 1 is 1.29 bits per heavy atom. The molecule has 4 heteroatoms. The molecule has 0 aromatic heterocycles. The fraction of sp³-hybridized carbons (Fsp3) is 0.333. The van der Waals surface area contributed by atoms with Gasteiger partial charge in [0, 0.05) is 0 Å². The first-order valence-corrected chi connectivity index (χ1v) is 2.40. The minimum absolute atomic E-state index is 0. The van der Waals surface area contributed by atoms with Gasteiger partial charge in [0.05, 0.1) is 0 Å². The van der Waals surface area contributed by atoms with Crippen molar-refractivity contribution >= 4 is 47.2 Å². The predicted molar refractivity (Wildman–Crippen MR) is 37.7 cm³/mol. The molecule has 0 radical (unpaired) electrons. The third kappa shape index (κ3) is 10.9. The first-order valence-electron chi connectivity index (χ1n) is 1.26. The molecular weight excluding hydrogens is 178 g/mol. The van der Waals surface area contributed by atoms with Crippen molar-refractivity contribution in [3.8, 4) is 0 Å². The molecule has 0 unspecified atom stereocenters. The maximum Gasteiger partial charge on any atom is 0.208 e. The Labute approximate surface area is 63.8 Å². The number of hydrogen-bond donors (Lipinski definition) is 0. The number of rotatable bonds is 0. The van der Waals surface area contributed by atoms with Gasteiger partial charge in [-0.1, -0.05) is 41.4 Å². The molecule has 0 spiro atoms. The van der Waals surface area contributed by atoms with Crippen LogP contribution in [0.1, 0.15) is 0 Å². The molecule has 0 saturated carbocycles. The van der Waals surface area contributed by atoms with E-state index in [4.69, 9.17) is 34.8 Å². The van der Waals surface area contributed by atoms with Crippen molar-refractivity contribution in [1.82, 2.24) is 0 Å². The van der Waals surface area contributed by atoms with Gasteiger partial charge in [-0.2, -0.15) is 0 Å². The van der Waals surface area contributed by atoms with E-state index >= 15 is 0 Å². The maximum atomic E-state index is 5.13. The van der Waals surface area contributed by atoms with Gasteiger partial charge in [0.1, 0.15) is 0 Å². The van der Waals surface area contributed by atoms with Gasteiger partial charge in [0.25, 0.3) is 0 Å². The van der Waals surface area contributed by atoms with Gasteiger partial charge in [-0.25, -0.2) is 0 Å². The molecule has 0 amide bonds. The average molecular weight is 182 g/mol. The quantitative estimate of drug-likeness (QED) is 0.399. The predicted octanol–water partition coefficient (Wildman–Crippen LogP) is 2.96. The van der Waals surface area contributed by atoms with Crippen LogP contribution >= 0.6 is 47.2 Å². The number of halogens is 4. The van der Waals surface area contributed by atoms with E-state index in [1.54, 1.807) is 0 Å². The van der Waals surface area contributed by atoms with E-state index in [0.29, 0.717) is 0 Å². The van der Waals surface area contributed by atoms with E-state index in [1.807, 2.05) is 0 Å². The highest BCUT2D eigenvalue weighted by Crippen LogP contribution is 2.25. The summed E-state index contributed by atoms with van der Waals surface area (Å²) in [6.07, 6.45) is 1.23. The standard InChI is InChI=1S/C3H3Cl3.ClH/c1-2-3(4,5)6;/h2H,1H2;1H. The summed E-state index contributed by atoms with van der Waals surface area (Å²) in [7, 11) is 0. The van der Waals surface area contributed by atoms with Crippen molar-refractivity contribution in [3.05, 3.63) is 12.7 Å². The van der Waals surface area contributed by atoms with Crippen LogP contribution in [0.25, 0.3) is 0 Å². The minimum atomic E-state index is -1.28. The van der Waals surface area contributed by atoms with Crippen LogP contribution in [0.5, 0.6) is 0 Å². The summed E-state index contributed by atoms with van der Waals surface area (Å²) in [5.41, 5.74) is 0. The summed E-state index contributed by atoms with van der Waals surface area (Å²) in [4.78, 5) is 0. The molecule has 44 valence electrons. The Hall–Kier alpha value is 0.900. The molecule has 0 atom stereocenters. The molecule has 0 bridgehead atoms. The van der Waals surface area contributed by atoms with Crippen molar-refractivity contribution in [3.63, 3.8) is 0 Å². The molecule has 0 aliphatic heterocycles. The van der Waals surface area contributed by atoms with E-state index < -0.39 is 3.79 Å². The highest BCUT2D eigenvalue weighted by atomic mass is 35.6. The first kappa shape index (κ1) is 10.8. The molecule has 0 aromatic carbocycles. The molecule has 0 saturated heterocycles. The van der Waals surface area contributed by atoms with Crippen molar-refractivity contribution in [1.29, 1.82) is 0 Å². The lowest BCUT2D eigenvalue weighted by Gasteiger charge is -1.97. The summed E-state index contributed by atoms with van der Waals surface area (Å²) in [5, 5.41) is 0. The van der Waals surface area contributed by atoms with Gasteiger partial charge in [-0.3, -0.25) is 0 Å². The van der Waals surface area contributed by atoms with Gasteiger partial charge in [0.15, 0.2) is 0 Å². The number of alkyl halides is 3. The number of hydrogen-bond acceptors (Lipinski definition) is 0. The molecule has 0 aliphatic rings. The second-order valence-corrected chi connectivity index (χ2v) is 3.11. The summed E-state index contributed by atoms with van der Waals surface area (Å²) < 4.78 is -1.28. The zero-order chi connectivity index (χ0) is 5.21. The van der Waals surface area contributed by atoms with Crippen molar-refractivity contribution in [2.45, 2.75) is 3.79 Å². The lowest BCUT2D eigenvalue weighted by molar-refractivity contribution is 1.48. The molecule has 0 rings (SSSR count).